The van der Waals surface area contributed by atoms with E-state index in [-0.39, 0.29) is 85.9 Å². The second kappa shape index (κ2) is 50.5. The van der Waals surface area contributed by atoms with Crippen molar-refractivity contribution in [3.63, 3.8) is 0 Å². The molecule has 0 aromatic heterocycles. The van der Waals surface area contributed by atoms with E-state index in [9.17, 15) is 10.1 Å². The van der Waals surface area contributed by atoms with Gasteiger partial charge in [0.1, 0.15) is 66.3 Å². The first kappa shape index (κ1) is 92.8. The minimum absolute atomic E-state index is 0.0178. The monoisotopic (exact) mass is 1750 g/mol. The molecule has 16 atom stereocenters. The average Bonchev–Trinajstić information content (AvgIpc) is 1.62. The van der Waals surface area contributed by atoms with Gasteiger partial charge in [0.25, 0.3) is 0 Å². The predicted octanol–water partition coefficient (Wildman–Crippen LogP) is 20.0. The summed E-state index contributed by atoms with van der Waals surface area (Å²) in [6, 6.07) is 102. The molecule has 13 rings (SSSR count). The van der Waals surface area contributed by atoms with Crippen molar-refractivity contribution in [3.05, 3.63) is 405 Å². The van der Waals surface area contributed by atoms with Gasteiger partial charge in [-0.15, -0.1) is 0 Å². The topological polar surface area (TPSA) is 258 Å². The van der Waals surface area contributed by atoms with Gasteiger partial charge in [-0.1, -0.05) is 334 Å². The number of phosphoric acid groups is 2. The van der Waals surface area contributed by atoms with Gasteiger partial charge in [-0.3, -0.25) is 22.6 Å². The first-order valence-corrected chi connectivity index (χ1v) is 44.3. The predicted molar refractivity (Wildman–Crippen MR) is 461 cm³/mol. The first-order chi connectivity index (χ1) is 61.5. The molecule has 0 bridgehead atoms. The minimum atomic E-state index is -5.21. The van der Waals surface area contributed by atoms with Gasteiger partial charge in [-0.2, -0.15) is 0 Å². The molecular weight excluding hydrogens is 1640 g/mol. The van der Waals surface area contributed by atoms with E-state index >= 15 is 13.3 Å². The second-order valence-corrected chi connectivity index (χ2v) is 32.8. The molecule has 0 amide bonds. The van der Waals surface area contributed by atoms with Crippen LogP contribution in [0.15, 0.2) is 339 Å². The van der Waals surface area contributed by atoms with Crippen LogP contribution in [-0.2, 0) is 171 Å². The molecule has 2 aliphatic heterocycles. The van der Waals surface area contributed by atoms with Gasteiger partial charge in [0.05, 0.1) is 112 Å². The van der Waals surface area contributed by atoms with Crippen molar-refractivity contribution < 1.29 is 107 Å². The van der Waals surface area contributed by atoms with Crippen molar-refractivity contribution in [2.45, 2.75) is 159 Å². The van der Waals surface area contributed by atoms with E-state index in [0.29, 0.717) is 11.1 Å². The molecule has 0 radical (unpaired) electrons. The zero-order valence-electron chi connectivity index (χ0n) is 68.9. The lowest BCUT2D eigenvalue weighted by molar-refractivity contribution is -0.212. The first-order valence-electron chi connectivity index (χ1n) is 41.4. The number of benzene rings is 11. The maximum Gasteiger partial charge on any atom is 0.536 e. The van der Waals surface area contributed by atoms with Crippen LogP contribution >= 0.6 is 15.6 Å². The molecule has 12 unspecified atom stereocenters. The number of rotatable bonds is 55. The smallest absolute Gasteiger partial charge is 0.374 e. The maximum absolute atomic E-state index is 18.8. The molecule has 24 nitrogen and oxygen atoms in total. The van der Waals surface area contributed by atoms with E-state index in [4.69, 9.17) is 88.8 Å². The molecule has 2 aliphatic rings. The molecule has 2 fully saturated rings. The molecule has 11 aromatic rings. The highest BCUT2D eigenvalue weighted by molar-refractivity contribution is 7.48. The lowest BCUT2D eigenvalue weighted by atomic mass is 10.1. The third kappa shape index (κ3) is 30.4. The number of hydrogen-bond donors (Lipinski definition) is 0. The number of ether oxygens (including phenoxy) is 13. The second-order valence-electron chi connectivity index (χ2n) is 29.6. The number of hydrogen-bond acceptors (Lipinski definition) is 22. The Labute approximate surface area is 727 Å². The van der Waals surface area contributed by atoms with Gasteiger partial charge in [0.15, 0.2) is 24.9 Å². The number of azide groups is 1. The molecule has 656 valence electrons. The Kier molecular flexibility index (Phi) is 37.5. The van der Waals surface area contributed by atoms with Crippen molar-refractivity contribution in [2.24, 2.45) is 5.28 Å². The minimum Gasteiger partial charge on any atom is -0.374 e. The quantitative estimate of drug-likeness (QED) is 0.0113. The highest BCUT2D eigenvalue weighted by Gasteiger charge is 2.53. The number of phosphoric ester groups is 2. The SMILES string of the molecule is [N-]=[N+]=NOP(=O)(OCc1ccccc1)OCC(OCc1ccccc1)C(OCc1ccccc1)C(CO[C@@H]1O[C@H](COCc2ccccc2)C(OP(=O)(OCc2ccccc2)OCC(OCc2ccccc2)C(OCc2ccccc2)C(CO[C@@H]2O[C@H](COCc3ccccc3)C(OCc3ccccc3)C2F)OCc2ccccc2)C1F)OCc1ccccc1. The number of alkyl halides is 2. The molecule has 11 aromatic carbocycles. The van der Waals surface area contributed by atoms with E-state index in [2.05, 4.69) is 10.2 Å². The zero-order chi connectivity index (χ0) is 86.2. The highest BCUT2D eigenvalue weighted by atomic mass is 31.2. The van der Waals surface area contributed by atoms with Crippen LogP contribution in [0, 0.1) is 0 Å². The van der Waals surface area contributed by atoms with Crippen LogP contribution in [0.1, 0.15) is 61.2 Å². The Morgan fingerprint density at radius 3 is 0.880 bits per heavy atom. The molecule has 0 saturated carbocycles. The lowest BCUT2D eigenvalue weighted by Gasteiger charge is -2.35. The molecule has 0 N–H and O–H groups in total. The summed E-state index contributed by atoms with van der Waals surface area (Å²) in [5.74, 6) is 0. The summed E-state index contributed by atoms with van der Waals surface area (Å²) in [4.78, 5) is 2.68. The van der Waals surface area contributed by atoms with Gasteiger partial charge in [-0.05, 0) is 66.7 Å². The van der Waals surface area contributed by atoms with E-state index in [0.717, 1.165) is 50.1 Å². The van der Waals surface area contributed by atoms with Gasteiger partial charge in [-0.25, -0.2) is 17.9 Å². The van der Waals surface area contributed by atoms with Crippen LogP contribution in [0.2, 0.25) is 0 Å². The highest BCUT2D eigenvalue weighted by Crippen LogP contribution is 2.55. The fourth-order valence-electron chi connectivity index (χ4n) is 13.8. The number of halogens is 2. The van der Waals surface area contributed by atoms with Crippen LogP contribution in [0.5, 0.6) is 0 Å². The summed E-state index contributed by atoms with van der Waals surface area (Å²) in [5.41, 5.74) is 17.5. The fraction of sp³-hybridized carbons (Fsp3) is 0.320. The standard InChI is InChI=1S/C97H103F2N3O21P2/c98-90-94(113-64-81-50-28-9-29-51-81)88(67-105-56-73-34-12-1-13-35-73)120-96(90)114-69-84(107-58-75-38-16-3-17-39-75)92(111-62-79-46-24-7-25-47-79)86(109-60-77-42-20-5-21-43-77)71-118-124(103,116-65-82-52-30-10-31-53-82)122-95-89(68-106-57-74-36-14-2-15-37-74)121-97(91(95)99)115-70-85(108-59-76-40-18-4-19-41-76)93(112-63-80-48-26-8-27-49-80)87(110-61-78-44-22-6-23-45-78)72-119-125(104,123-102-101-100)117-66-83-54-32-11-33-55-83/h1-55,84-97H,56-72H2/t84?,85?,86?,87?,88-,89-,90?,91?,92?,93?,94?,95?,96-,97-,124?,125?/m1/s1. The van der Waals surface area contributed by atoms with E-state index in [1.54, 1.807) is 60.7 Å². The molecule has 0 aliphatic carbocycles. The normalized spacial score (nSPS) is 20.0. The van der Waals surface area contributed by atoms with Gasteiger partial charge in [0.2, 0.25) is 0 Å². The molecular formula is C97H103F2N3O21P2. The Morgan fingerprint density at radius 2 is 0.560 bits per heavy atom. The Balaban J connectivity index is 0.830. The van der Waals surface area contributed by atoms with Crippen LogP contribution in [0.3, 0.4) is 0 Å². The average molecular weight is 1750 g/mol. The van der Waals surface area contributed by atoms with Crippen LogP contribution < -0.4 is 0 Å². The summed E-state index contributed by atoms with van der Waals surface area (Å²) in [7, 11) is -10.0. The molecule has 125 heavy (non-hydrogen) atoms. The van der Waals surface area contributed by atoms with Crippen molar-refractivity contribution in [2.75, 3.05) is 39.6 Å². The largest absolute Gasteiger partial charge is 0.536 e. The van der Waals surface area contributed by atoms with Crippen LogP contribution in [0.4, 0.5) is 8.78 Å². The summed E-state index contributed by atoms with van der Waals surface area (Å²) in [5, 5.41) is 3.15. The third-order valence-corrected chi connectivity index (χ3v) is 23.0. The Hall–Kier alpha value is -9.87. The molecule has 0 spiro atoms. The van der Waals surface area contributed by atoms with Crippen molar-refractivity contribution in [1.29, 1.82) is 0 Å². The molecule has 28 heteroatoms. The summed E-state index contributed by atoms with van der Waals surface area (Å²) >= 11 is 0. The van der Waals surface area contributed by atoms with Crippen molar-refractivity contribution in [1.82, 2.24) is 0 Å². The van der Waals surface area contributed by atoms with E-state index in [1.807, 2.05) is 273 Å². The van der Waals surface area contributed by atoms with Crippen LogP contribution in [-0.4, -0.2) is 126 Å². The van der Waals surface area contributed by atoms with E-state index < -0.39 is 128 Å². The zero-order valence-corrected chi connectivity index (χ0v) is 70.7. The summed E-state index contributed by atoms with van der Waals surface area (Å²) in [6.07, 6.45) is -20.5. The van der Waals surface area contributed by atoms with Gasteiger partial charge in [0, 0.05) is 4.91 Å². The van der Waals surface area contributed by atoms with Gasteiger partial charge < -0.3 is 66.2 Å². The van der Waals surface area contributed by atoms with Crippen LogP contribution in [0.25, 0.3) is 10.4 Å². The van der Waals surface area contributed by atoms with Crippen molar-refractivity contribution >= 4 is 15.6 Å². The Bertz CT molecular complexity index is 4970. The molecule has 2 heterocycles. The van der Waals surface area contributed by atoms with E-state index in [1.165, 1.54) is 0 Å². The fourth-order valence-corrected chi connectivity index (χ4v) is 16.1. The van der Waals surface area contributed by atoms with Gasteiger partial charge >= 0.3 is 15.6 Å². The summed E-state index contributed by atoms with van der Waals surface area (Å²) < 4.78 is 191. The Morgan fingerprint density at radius 1 is 0.304 bits per heavy atom. The van der Waals surface area contributed by atoms with Crippen molar-refractivity contribution in [3.8, 4) is 0 Å². The lowest BCUT2D eigenvalue weighted by Crippen LogP contribution is -2.48. The number of nitrogens with zero attached hydrogens (tertiary/aromatic N) is 3. The third-order valence-electron chi connectivity index (χ3n) is 20.4. The molecule has 2 saturated heterocycles. The summed E-state index contributed by atoms with van der Waals surface area (Å²) in [6.45, 7) is -3.32. The maximum atomic E-state index is 18.8.